The van der Waals surface area contributed by atoms with E-state index in [1.54, 1.807) is 39.0 Å². The van der Waals surface area contributed by atoms with Crippen LogP contribution in [-0.2, 0) is 10.0 Å². The second-order valence-corrected chi connectivity index (χ2v) is 7.96. The summed E-state index contributed by atoms with van der Waals surface area (Å²) in [6, 6.07) is 8.43. The zero-order valence-electron chi connectivity index (χ0n) is 16.9. The smallest absolute Gasteiger partial charge is 0.295 e. The summed E-state index contributed by atoms with van der Waals surface area (Å²) in [6.07, 6.45) is 1.28. The molecule has 0 radical (unpaired) electrons. The number of anilines is 1. The highest BCUT2D eigenvalue weighted by Gasteiger charge is 2.25. The molecule has 0 spiro atoms. The largest absolute Gasteiger partial charge is 0.504 e. The molecule has 0 atom stereocenters. The Kier molecular flexibility index (Phi) is 7.72. The standard InChI is InChI=1S/C19H24N4O6S/c1-4-22(5-2)30(27,28)15-10-11-16(17(12-15)23(25)26)21-20-13-14-8-7-9-18(19(14)24)29-6-3/h7-13,21,24H,4-6H2,1-3H3/b20-13-. The molecule has 11 heteroatoms. The molecular formula is C19H24N4O6S. The summed E-state index contributed by atoms with van der Waals surface area (Å²) in [7, 11) is -3.84. The van der Waals surface area contributed by atoms with E-state index in [0.717, 1.165) is 6.07 Å². The van der Waals surface area contributed by atoms with Gasteiger partial charge in [0.1, 0.15) is 5.69 Å². The lowest BCUT2D eigenvalue weighted by Gasteiger charge is -2.18. The highest BCUT2D eigenvalue weighted by Crippen LogP contribution is 2.30. The predicted molar refractivity (Wildman–Crippen MR) is 114 cm³/mol. The van der Waals surface area contributed by atoms with Crippen LogP contribution in [0.2, 0.25) is 0 Å². The van der Waals surface area contributed by atoms with Crippen molar-refractivity contribution in [3.05, 3.63) is 52.1 Å². The molecule has 10 nitrogen and oxygen atoms in total. The molecule has 0 saturated carbocycles. The average Bonchev–Trinajstić information content (AvgIpc) is 2.71. The normalized spacial score (nSPS) is 11.7. The van der Waals surface area contributed by atoms with Crippen LogP contribution in [0.15, 0.2) is 46.4 Å². The quantitative estimate of drug-likeness (QED) is 0.332. The van der Waals surface area contributed by atoms with Gasteiger partial charge in [-0.15, -0.1) is 0 Å². The number of nitrogens with zero attached hydrogens (tertiary/aromatic N) is 3. The van der Waals surface area contributed by atoms with Crippen molar-refractivity contribution >= 4 is 27.6 Å². The van der Waals surface area contributed by atoms with Crippen LogP contribution in [0.3, 0.4) is 0 Å². The van der Waals surface area contributed by atoms with E-state index in [2.05, 4.69) is 10.5 Å². The predicted octanol–water partition coefficient (Wildman–Crippen LogP) is 3.18. The number of rotatable bonds is 10. The van der Waals surface area contributed by atoms with Crippen LogP contribution >= 0.6 is 0 Å². The van der Waals surface area contributed by atoms with Crippen molar-refractivity contribution in [2.45, 2.75) is 25.7 Å². The molecule has 2 aromatic rings. The molecule has 0 heterocycles. The number of sulfonamides is 1. The van der Waals surface area contributed by atoms with Crippen LogP contribution in [0.4, 0.5) is 11.4 Å². The molecular weight excluding hydrogens is 412 g/mol. The number of para-hydroxylation sites is 1. The van der Waals surface area contributed by atoms with Crippen molar-refractivity contribution < 1.29 is 23.2 Å². The lowest BCUT2D eigenvalue weighted by molar-refractivity contribution is -0.384. The molecule has 0 fully saturated rings. The van der Waals surface area contributed by atoms with Crippen molar-refractivity contribution in [2.75, 3.05) is 25.1 Å². The van der Waals surface area contributed by atoms with Gasteiger partial charge in [-0.3, -0.25) is 15.5 Å². The van der Waals surface area contributed by atoms with E-state index in [4.69, 9.17) is 4.74 Å². The number of hydrazone groups is 1. The summed E-state index contributed by atoms with van der Waals surface area (Å²) < 4.78 is 31.7. The molecule has 0 aliphatic carbocycles. The zero-order valence-corrected chi connectivity index (χ0v) is 17.7. The average molecular weight is 436 g/mol. The zero-order chi connectivity index (χ0) is 22.3. The van der Waals surface area contributed by atoms with Gasteiger partial charge in [0.15, 0.2) is 11.5 Å². The lowest BCUT2D eigenvalue weighted by atomic mass is 10.2. The van der Waals surface area contributed by atoms with Crippen LogP contribution in [0.5, 0.6) is 11.5 Å². The Hall–Kier alpha value is -3.18. The minimum Gasteiger partial charge on any atom is -0.504 e. The Morgan fingerprint density at radius 2 is 1.93 bits per heavy atom. The molecule has 0 aromatic heterocycles. The van der Waals surface area contributed by atoms with Crippen molar-refractivity contribution in [3.8, 4) is 11.5 Å². The van der Waals surface area contributed by atoms with Gasteiger partial charge in [-0.2, -0.15) is 9.41 Å². The Balaban J connectivity index is 2.32. The van der Waals surface area contributed by atoms with Crippen molar-refractivity contribution in [3.63, 3.8) is 0 Å². The Morgan fingerprint density at radius 3 is 2.53 bits per heavy atom. The third-order valence-corrected chi connectivity index (χ3v) is 6.27. The van der Waals surface area contributed by atoms with Crippen LogP contribution in [0.25, 0.3) is 0 Å². The maximum atomic E-state index is 12.6. The van der Waals surface area contributed by atoms with E-state index >= 15 is 0 Å². The number of nitro benzene ring substituents is 1. The van der Waals surface area contributed by atoms with Crippen LogP contribution in [-0.4, -0.2) is 48.7 Å². The van der Waals surface area contributed by atoms with Gasteiger partial charge in [0.2, 0.25) is 10.0 Å². The number of hydrogen-bond donors (Lipinski definition) is 2. The number of ether oxygens (including phenoxy) is 1. The molecule has 0 aliphatic heterocycles. The number of phenols is 1. The van der Waals surface area contributed by atoms with Crippen molar-refractivity contribution in [1.29, 1.82) is 0 Å². The van der Waals surface area contributed by atoms with E-state index in [1.807, 2.05) is 0 Å². The minimum absolute atomic E-state index is 0.00944. The first kappa shape index (κ1) is 23.1. The lowest BCUT2D eigenvalue weighted by Crippen LogP contribution is -2.30. The fraction of sp³-hybridized carbons (Fsp3) is 0.316. The molecule has 162 valence electrons. The Labute approximate surface area is 175 Å². The number of hydrogen-bond acceptors (Lipinski definition) is 8. The van der Waals surface area contributed by atoms with Gasteiger partial charge in [0.05, 0.1) is 22.6 Å². The number of nitro groups is 1. The van der Waals surface area contributed by atoms with Gasteiger partial charge < -0.3 is 9.84 Å². The van der Waals surface area contributed by atoms with Gasteiger partial charge in [0.25, 0.3) is 5.69 Å². The fourth-order valence-corrected chi connectivity index (χ4v) is 4.20. The second-order valence-electron chi connectivity index (χ2n) is 6.02. The first-order chi connectivity index (χ1) is 14.3. The SMILES string of the molecule is CCOc1cccc(/C=N\Nc2ccc(S(=O)(=O)N(CC)CC)cc2[N+](=O)[O-])c1O. The van der Waals surface area contributed by atoms with Crippen LogP contribution in [0, 0.1) is 10.1 Å². The summed E-state index contributed by atoms with van der Waals surface area (Å²) in [5, 5.41) is 25.5. The Morgan fingerprint density at radius 1 is 1.23 bits per heavy atom. The van der Waals surface area contributed by atoms with Gasteiger partial charge in [-0.25, -0.2) is 8.42 Å². The molecule has 2 N–H and O–H groups in total. The molecule has 0 aliphatic rings. The van der Waals surface area contributed by atoms with E-state index in [-0.39, 0.29) is 29.4 Å². The van der Waals surface area contributed by atoms with E-state index < -0.39 is 20.6 Å². The number of nitrogens with one attached hydrogen (secondary N) is 1. The van der Waals surface area contributed by atoms with Gasteiger partial charge in [-0.1, -0.05) is 19.9 Å². The molecule has 0 saturated heterocycles. The summed E-state index contributed by atoms with van der Waals surface area (Å²) in [5.41, 5.74) is 2.44. The maximum Gasteiger partial charge on any atom is 0.295 e. The number of benzene rings is 2. The summed E-state index contributed by atoms with van der Waals surface area (Å²) >= 11 is 0. The molecule has 2 aromatic carbocycles. The van der Waals surface area contributed by atoms with Crippen molar-refractivity contribution in [1.82, 2.24) is 4.31 Å². The van der Waals surface area contributed by atoms with Crippen molar-refractivity contribution in [2.24, 2.45) is 5.10 Å². The third kappa shape index (κ3) is 5.05. The topological polar surface area (TPSA) is 134 Å². The molecule has 2 rings (SSSR count). The maximum absolute atomic E-state index is 12.6. The third-order valence-electron chi connectivity index (χ3n) is 4.23. The highest BCUT2D eigenvalue weighted by molar-refractivity contribution is 7.89. The second kappa shape index (κ2) is 10.0. The first-order valence-corrected chi connectivity index (χ1v) is 10.7. The van der Waals surface area contributed by atoms with Gasteiger partial charge in [0, 0.05) is 24.7 Å². The molecule has 30 heavy (non-hydrogen) atoms. The summed E-state index contributed by atoms with van der Waals surface area (Å²) in [5.74, 6) is 0.179. The summed E-state index contributed by atoms with van der Waals surface area (Å²) in [6.45, 7) is 6.04. The van der Waals surface area contributed by atoms with E-state index in [0.29, 0.717) is 17.9 Å². The fourth-order valence-electron chi connectivity index (χ4n) is 2.72. The van der Waals surface area contributed by atoms with E-state index in [1.165, 1.54) is 22.7 Å². The minimum atomic E-state index is -3.84. The molecule has 0 unspecified atom stereocenters. The number of phenolic OH excluding ortho intramolecular Hbond substituents is 1. The Bertz CT molecular complexity index is 1040. The number of aromatic hydroxyl groups is 1. The summed E-state index contributed by atoms with van der Waals surface area (Å²) in [4.78, 5) is 10.6. The molecule has 0 amide bonds. The van der Waals surface area contributed by atoms with Crippen LogP contribution < -0.4 is 10.2 Å². The van der Waals surface area contributed by atoms with Crippen LogP contribution in [0.1, 0.15) is 26.3 Å². The van der Waals surface area contributed by atoms with Gasteiger partial charge in [-0.05, 0) is 31.2 Å². The highest BCUT2D eigenvalue weighted by atomic mass is 32.2. The first-order valence-electron chi connectivity index (χ1n) is 9.28. The molecule has 0 bridgehead atoms. The van der Waals surface area contributed by atoms with Gasteiger partial charge >= 0.3 is 0 Å². The monoisotopic (exact) mass is 436 g/mol. The van der Waals surface area contributed by atoms with E-state index in [9.17, 15) is 23.6 Å².